The van der Waals surface area contributed by atoms with Crippen LogP contribution >= 0.6 is 0 Å². The van der Waals surface area contributed by atoms with Crippen molar-refractivity contribution < 1.29 is 0 Å². The molecule has 25 heavy (non-hydrogen) atoms. The van der Waals surface area contributed by atoms with Crippen LogP contribution in [0.1, 0.15) is 53.4 Å². The number of anilines is 1. The molecule has 2 aliphatic rings. The van der Waals surface area contributed by atoms with E-state index in [9.17, 15) is 0 Å². The van der Waals surface area contributed by atoms with Gasteiger partial charge in [0.1, 0.15) is 0 Å². The highest BCUT2D eigenvalue weighted by molar-refractivity contribution is 5.45. The van der Waals surface area contributed by atoms with Crippen LogP contribution < -0.4 is 13.9 Å². The maximum absolute atomic E-state index is 5.04. The van der Waals surface area contributed by atoms with Gasteiger partial charge in [0.05, 0.1) is 40.3 Å². The Morgan fingerprint density at radius 2 is 1.04 bits per heavy atom. The van der Waals surface area contributed by atoms with Gasteiger partial charge in [-0.15, -0.1) is 15.0 Å². The van der Waals surface area contributed by atoms with E-state index in [1.165, 1.54) is 25.7 Å². The minimum Gasteiger partial charge on any atom is -0.336 e. The van der Waals surface area contributed by atoms with E-state index in [0.717, 1.165) is 53.0 Å². The Balaban J connectivity index is 2.11. The van der Waals surface area contributed by atoms with Crippen LogP contribution in [0, 0.1) is 0 Å². The van der Waals surface area contributed by atoms with Gasteiger partial charge >= 0.3 is 11.9 Å². The predicted molar refractivity (Wildman–Crippen MR) is 106 cm³/mol. The van der Waals surface area contributed by atoms with Gasteiger partial charge in [0.2, 0.25) is 5.95 Å². The van der Waals surface area contributed by atoms with Gasteiger partial charge in [-0.3, -0.25) is 8.97 Å². The first-order valence-corrected chi connectivity index (χ1v) is 10.00. The minimum atomic E-state index is 0.371. The molecule has 2 aliphatic heterocycles. The van der Waals surface area contributed by atoms with Crippen LogP contribution in [-0.2, 0) is 0 Å². The molecule has 0 radical (unpaired) electrons. The first kappa shape index (κ1) is 18.5. The summed E-state index contributed by atoms with van der Waals surface area (Å²) in [5.74, 6) is 2.80. The Labute approximate surface area is 153 Å². The Hall–Kier alpha value is -1.27. The molecular weight excluding hydrogens is 312 g/mol. The molecule has 2 saturated heterocycles. The zero-order valence-electron chi connectivity index (χ0n) is 17.0. The summed E-state index contributed by atoms with van der Waals surface area (Å²) < 4.78 is 1.71. The van der Waals surface area contributed by atoms with E-state index >= 15 is 0 Å². The number of nitrogens with zero attached hydrogens (tertiary/aromatic N) is 6. The normalized spacial score (nSPS) is 22.1. The third-order valence-corrected chi connectivity index (χ3v) is 6.02. The molecule has 0 saturated carbocycles. The van der Waals surface area contributed by atoms with Crippen molar-refractivity contribution in [3.63, 3.8) is 0 Å². The second kappa shape index (κ2) is 6.80. The van der Waals surface area contributed by atoms with Crippen molar-refractivity contribution in [2.75, 3.05) is 45.2 Å². The number of likely N-dealkylation sites (tertiary alicyclic amines) is 2. The highest BCUT2D eigenvalue weighted by Crippen LogP contribution is 2.31. The topological polar surface area (TPSA) is 41.9 Å². The zero-order valence-corrected chi connectivity index (χ0v) is 17.0. The molecule has 0 bridgehead atoms. The lowest BCUT2D eigenvalue weighted by Crippen LogP contribution is -2.48. The predicted octanol–water partition coefficient (Wildman–Crippen LogP) is 2.96. The summed E-state index contributed by atoms with van der Waals surface area (Å²) >= 11 is 0. The fraction of sp³-hybridized carbons (Fsp3) is 0.842. The van der Waals surface area contributed by atoms with Crippen LogP contribution in [0.15, 0.2) is 0 Å². The molecule has 0 atom stereocenters. The fourth-order valence-corrected chi connectivity index (χ4v) is 4.47. The third-order valence-electron chi connectivity index (χ3n) is 6.02. The van der Waals surface area contributed by atoms with Crippen LogP contribution in [-0.4, -0.2) is 67.3 Å². The van der Waals surface area contributed by atoms with Gasteiger partial charge in [-0.2, -0.15) is 0 Å². The summed E-state index contributed by atoms with van der Waals surface area (Å²) in [6.07, 6.45) is 5.04. The number of hydrogen-bond donors (Lipinski definition) is 0. The van der Waals surface area contributed by atoms with Gasteiger partial charge in [-0.05, 0) is 27.7 Å². The van der Waals surface area contributed by atoms with E-state index in [1.807, 2.05) is 0 Å². The van der Waals surface area contributed by atoms with Gasteiger partial charge in [0.15, 0.2) is 0 Å². The number of aromatic nitrogens is 3. The van der Waals surface area contributed by atoms with E-state index in [4.69, 9.17) is 15.0 Å². The standard InChI is InChI=1S/C19H36N6/c1-15(2)23(16(3)4)17-20-18(24(5)11-7-8-12-24)22-19(21-17)25(6)13-9-10-14-25/h15-16H,7-14H2,1-6H3/q+2. The lowest BCUT2D eigenvalue weighted by atomic mass is 10.2. The van der Waals surface area contributed by atoms with Crippen molar-refractivity contribution >= 4 is 17.8 Å². The van der Waals surface area contributed by atoms with Crippen molar-refractivity contribution in [2.24, 2.45) is 0 Å². The molecule has 1 aromatic rings. The van der Waals surface area contributed by atoms with Crippen molar-refractivity contribution in [1.29, 1.82) is 0 Å². The zero-order chi connectivity index (χ0) is 18.2. The molecule has 0 spiro atoms. The fourth-order valence-electron chi connectivity index (χ4n) is 4.47. The molecule has 0 N–H and O–H groups in total. The van der Waals surface area contributed by atoms with Gasteiger partial charge in [-0.1, -0.05) is 0 Å². The Bertz CT molecular complexity index is 552. The SMILES string of the molecule is CC(C)N(c1nc([N+]2(C)CCCC2)nc([N+]2(C)CCCC2)n1)C(C)C. The Kier molecular flexibility index (Phi) is 5.04. The summed E-state index contributed by atoms with van der Waals surface area (Å²) in [6.45, 7) is 13.4. The molecule has 6 heteroatoms. The van der Waals surface area contributed by atoms with Gasteiger partial charge in [0, 0.05) is 37.8 Å². The molecule has 140 valence electrons. The monoisotopic (exact) mass is 348 g/mol. The molecule has 3 heterocycles. The van der Waals surface area contributed by atoms with Crippen LogP contribution in [0.2, 0.25) is 0 Å². The highest BCUT2D eigenvalue weighted by Gasteiger charge is 2.39. The van der Waals surface area contributed by atoms with Crippen molar-refractivity contribution in [1.82, 2.24) is 23.9 Å². The molecule has 0 amide bonds. The second-order valence-electron chi connectivity index (χ2n) is 8.93. The quantitative estimate of drug-likeness (QED) is 0.767. The summed E-state index contributed by atoms with van der Waals surface area (Å²) in [7, 11) is 4.57. The Morgan fingerprint density at radius 1 is 0.680 bits per heavy atom. The van der Waals surface area contributed by atoms with E-state index in [2.05, 4.69) is 46.7 Å². The molecule has 2 fully saturated rings. The van der Waals surface area contributed by atoms with Crippen LogP contribution in [0.4, 0.5) is 17.8 Å². The van der Waals surface area contributed by atoms with Crippen molar-refractivity contribution in [3.8, 4) is 0 Å². The lowest BCUT2D eigenvalue weighted by Gasteiger charge is -2.34. The summed E-state index contributed by atoms with van der Waals surface area (Å²) in [6, 6.07) is 0.742. The highest BCUT2D eigenvalue weighted by atomic mass is 15.5. The summed E-state index contributed by atoms with van der Waals surface area (Å²) in [4.78, 5) is 17.4. The number of quaternary nitrogens is 2. The maximum Gasteiger partial charge on any atom is 0.338 e. The van der Waals surface area contributed by atoms with Crippen molar-refractivity contribution in [2.45, 2.75) is 65.5 Å². The average Bonchev–Trinajstić information content (AvgIpc) is 3.17. The first-order valence-electron chi connectivity index (χ1n) is 10.00. The first-order chi connectivity index (χ1) is 11.8. The minimum absolute atomic E-state index is 0.371. The largest absolute Gasteiger partial charge is 0.338 e. The molecule has 3 rings (SSSR count). The lowest BCUT2D eigenvalue weighted by molar-refractivity contribution is 0.357. The van der Waals surface area contributed by atoms with Gasteiger partial charge in [-0.25, -0.2) is 0 Å². The van der Waals surface area contributed by atoms with E-state index in [-0.39, 0.29) is 0 Å². The molecular formula is C19H36N6+2. The molecule has 0 aromatic carbocycles. The van der Waals surface area contributed by atoms with Crippen molar-refractivity contribution in [3.05, 3.63) is 0 Å². The van der Waals surface area contributed by atoms with Crippen LogP contribution in [0.5, 0.6) is 0 Å². The molecule has 6 nitrogen and oxygen atoms in total. The Morgan fingerprint density at radius 3 is 1.36 bits per heavy atom. The second-order valence-corrected chi connectivity index (χ2v) is 8.93. The number of hydrogen-bond acceptors (Lipinski definition) is 4. The average molecular weight is 349 g/mol. The van der Waals surface area contributed by atoms with Crippen LogP contribution in [0.25, 0.3) is 0 Å². The smallest absolute Gasteiger partial charge is 0.336 e. The van der Waals surface area contributed by atoms with Crippen LogP contribution in [0.3, 0.4) is 0 Å². The molecule has 1 aromatic heterocycles. The van der Waals surface area contributed by atoms with Gasteiger partial charge in [0.25, 0.3) is 0 Å². The van der Waals surface area contributed by atoms with Gasteiger partial charge < -0.3 is 4.90 Å². The summed E-state index contributed by atoms with van der Waals surface area (Å²) in [5, 5.41) is 0. The number of rotatable bonds is 5. The van der Waals surface area contributed by atoms with E-state index < -0.39 is 0 Å². The van der Waals surface area contributed by atoms with E-state index in [0.29, 0.717) is 12.1 Å². The van der Waals surface area contributed by atoms with E-state index in [1.54, 1.807) is 0 Å². The summed E-state index contributed by atoms with van der Waals surface area (Å²) in [5.41, 5.74) is 0. The third kappa shape index (κ3) is 3.51. The maximum atomic E-state index is 5.04. The molecule has 0 aliphatic carbocycles. The molecule has 0 unspecified atom stereocenters.